The van der Waals surface area contributed by atoms with Gasteiger partial charge < -0.3 is 9.84 Å². The lowest BCUT2D eigenvalue weighted by Crippen LogP contribution is -2.45. The number of hydrogen-bond donors (Lipinski definition) is 1. The van der Waals surface area contributed by atoms with Gasteiger partial charge >= 0.3 is 12.1 Å². The molecule has 0 aromatic heterocycles. The first-order chi connectivity index (χ1) is 12.6. The van der Waals surface area contributed by atoms with Crippen molar-refractivity contribution in [2.24, 2.45) is 5.92 Å². The molecule has 26 heavy (non-hydrogen) atoms. The first kappa shape index (κ1) is 15.4. The number of carbonyl (C=O) groups excluding carboxylic acids is 1. The molecule has 1 aliphatic heterocycles. The van der Waals surface area contributed by atoms with Gasteiger partial charge in [-0.1, -0.05) is 48.5 Å². The van der Waals surface area contributed by atoms with Gasteiger partial charge in [0.2, 0.25) is 0 Å². The van der Waals surface area contributed by atoms with E-state index < -0.39 is 17.6 Å². The van der Waals surface area contributed by atoms with Crippen molar-refractivity contribution < 1.29 is 19.4 Å². The molecule has 3 aliphatic rings. The van der Waals surface area contributed by atoms with Crippen LogP contribution in [0.5, 0.6) is 0 Å². The summed E-state index contributed by atoms with van der Waals surface area (Å²) in [5, 5.41) is 9.52. The third-order valence-corrected chi connectivity index (χ3v) is 6.18. The lowest BCUT2D eigenvalue weighted by atomic mass is 9.98. The van der Waals surface area contributed by atoms with Crippen molar-refractivity contribution in [3.63, 3.8) is 0 Å². The minimum Gasteiger partial charge on any atom is -0.479 e. The van der Waals surface area contributed by atoms with Crippen LogP contribution < -0.4 is 0 Å². The van der Waals surface area contributed by atoms with E-state index in [1.807, 2.05) is 24.3 Å². The third-order valence-electron chi connectivity index (χ3n) is 6.18. The van der Waals surface area contributed by atoms with Gasteiger partial charge in [-0.05, 0) is 41.0 Å². The number of fused-ring (bicyclic) bond motifs is 4. The molecular formula is C21H19NO4. The fourth-order valence-electron chi connectivity index (χ4n) is 4.78. The number of likely N-dealkylation sites (tertiary alicyclic amines) is 1. The Kier molecular flexibility index (Phi) is 3.17. The smallest absolute Gasteiger partial charge is 0.410 e. The number of aliphatic carboxylic acids is 1. The molecule has 2 aromatic rings. The Labute approximate surface area is 151 Å². The molecule has 2 aliphatic carbocycles. The van der Waals surface area contributed by atoms with Gasteiger partial charge in [-0.2, -0.15) is 0 Å². The largest absolute Gasteiger partial charge is 0.479 e. The topological polar surface area (TPSA) is 66.8 Å². The monoisotopic (exact) mass is 349 g/mol. The highest BCUT2D eigenvalue weighted by Gasteiger charge is 2.69. The molecule has 2 fully saturated rings. The number of carboxylic acid groups (broad SMARTS) is 1. The zero-order valence-electron chi connectivity index (χ0n) is 14.2. The number of piperidine rings is 1. The summed E-state index contributed by atoms with van der Waals surface area (Å²) in [6.07, 6.45) is 0.789. The van der Waals surface area contributed by atoms with Crippen LogP contribution in [0.3, 0.4) is 0 Å². The number of rotatable bonds is 3. The van der Waals surface area contributed by atoms with E-state index in [1.165, 1.54) is 16.0 Å². The predicted octanol–water partition coefficient (Wildman–Crippen LogP) is 3.48. The van der Waals surface area contributed by atoms with E-state index in [0.717, 1.165) is 17.5 Å². The van der Waals surface area contributed by atoms with E-state index in [2.05, 4.69) is 24.3 Å². The van der Waals surface area contributed by atoms with Crippen LogP contribution in [0.2, 0.25) is 0 Å². The fraction of sp³-hybridized carbons (Fsp3) is 0.333. The Morgan fingerprint density at radius 1 is 1.08 bits per heavy atom. The van der Waals surface area contributed by atoms with Crippen molar-refractivity contribution in [3.8, 4) is 11.1 Å². The minimum absolute atomic E-state index is 0.00951. The Balaban J connectivity index is 1.38. The van der Waals surface area contributed by atoms with Crippen LogP contribution in [0, 0.1) is 5.92 Å². The number of hydrogen-bond acceptors (Lipinski definition) is 3. The van der Waals surface area contributed by atoms with Crippen molar-refractivity contribution in [2.75, 3.05) is 13.2 Å². The molecule has 132 valence electrons. The third kappa shape index (κ3) is 1.97. The second-order valence-electron chi connectivity index (χ2n) is 7.37. The molecule has 1 heterocycles. The van der Waals surface area contributed by atoms with Crippen LogP contribution in [-0.2, 0) is 9.53 Å². The summed E-state index contributed by atoms with van der Waals surface area (Å²) in [5.41, 5.74) is 3.65. The van der Waals surface area contributed by atoms with Gasteiger partial charge in [0.15, 0.2) is 0 Å². The molecule has 2 aromatic carbocycles. The van der Waals surface area contributed by atoms with E-state index in [0.29, 0.717) is 13.0 Å². The van der Waals surface area contributed by atoms with Crippen LogP contribution in [0.4, 0.5) is 4.79 Å². The first-order valence-corrected chi connectivity index (χ1v) is 8.99. The molecule has 2 atom stereocenters. The Morgan fingerprint density at radius 3 is 2.27 bits per heavy atom. The number of ether oxygens (including phenoxy) is 1. The van der Waals surface area contributed by atoms with Crippen LogP contribution >= 0.6 is 0 Å². The van der Waals surface area contributed by atoms with Crippen molar-refractivity contribution in [1.82, 2.24) is 4.90 Å². The molecule has 1 N–H and O–H groups in total. The number of carbonyl (C=O) groups is 2. The summed E-state index contributed by atoms with van der Waals surface area (Å²) in [5.74, 6) is -0.835. The van der Waals surface area contributed by atoms with E-state index in [-0.39, 0.29) is 18.4 Å². The average molecular weight is 349 g/mol. The summed E-state index contributed by atoms with van der Waals surface area (Å²) < 4.78 is 5.62. The molecule has 0 spiro atoms. The molecule has 1 saturated heterocycles. The van der Waals surface area contributed by atoms with Crippen LogP contribution in [0.1, 0.15) is 29.9 Å². The zero-order valence-corrected chi connectivity index (χ0v) is 14.2. The highest BCUT2D eigenvalue weighted by atomic mass is 16.6. The van der Waals surface area contributed by atoms with Gasteiger partial charge in [-0.25, -0.2) is 9.59 Å². The highest BCUT2D eigenvalue weighted by molar-refractivity contribution is 5.89. The van der Waals surface area contributed by atoms with Gasteiger partial charge in [0.1, 0.15) is 12.1 Å². The van der Waals surface area contributed by atoms with E-state index in [4.69, 9.17) is 4.74 Å². The maximum absolute atomic E-state index is 12.6. The summed E-state index contributed by atoms with van der Waals surface area (Å²) in [6, 6.07) is 16.3. The zero-order chi connectivity index (χ0) is 17.9. The fourth-order valence-corrected chi connectivity index (χ4v) is 4.78. The summed E-state index contributed by atoms with van der Waals surface area (Å²) in [4.78, 5) is 25.7. The van der Waals surface area contributed by atoms with Crippen LogP contribution in [0.15, 0.2) is 48.5 Å². The maximum atomic E-state index is 12.6. The second kappa shape index (κ2) is 5.34. The number of amides is 1. The van der Waals surface area contributed by atoms with Crippen molar-refractivity contribution in [1.29, 1.82) is 0 Å². The molecule has 5 rings (SSSR count). The lowest BCUT2D eigenvalue weighted by Gasteiger charge is -2.25. The molecule has 5 heteroatoms. The van der Waals surface area contributed by atoms with Gasteiger partial charge in [0.25, 0.3) is 0 Å². The summed E-state index contributed by atoms with van der Waals surface area (Å²) in [7, 11) is 0. The summed E-state index contributed by atoms with van der Waals surface area (Å²) in [6.45, 7) is 0.692. The highest BCUT2D eigenvalue weighted by Crippen LogP contribution is 2.56. The Morgan fingerprint density at radius 2 is 1.69 bits per heavy atom. The molecule has 1 amide bonds. The molecule has 0 bridgehead atoms. The standard InChI is InChI=1S/C21H19NO4/c23-19(24)21-11-13(21)9-10-22(21)20(25)26-12-18-16-7-3-1-5-14(16)15-6-2-4-8-17(15)18/h1-8,13,18H,9-12H2,(H,23,24). The minimum atomic E-state index is -1.01. The van der Waals surface area contributed by atoms with Crippen molar-refractivity contribution in [3.05, 3.63) is 59.7 Å². The number of benzene rings is 2. The van der Waals surface area contributed by atoms with Gasteiger partial charge in [-0.15, -0.1) is 0 Å². The molecule has 1 saturated carbocycles. The SMILES string of the molecule is O=C(OCC1c2ccccc2-c2ccccc21)N1CCC2CC21C(=O)O. The average Bonchev–Trinajstić information content (AvgIpc) is 3.14. The van der Waals surface area contributed by atoms with Gasteiger partial charge in [0, 0.05) is 12.5 Å². The molecule has 5 nitrogen and oxygen atoms in total. The maximum Gasteiger partial charge on any atom is 0.410 e. The second-order valence-corrected chi connectivity index (χ2v) is 7.37. The molecular weight excluding hydrogens is 330 g/mol. The first-order valence-electron chi connectivity index (χ1n) is 8.99. The lowest BCUT2D eigenvalue weighted by molar-refractivity contribution is -0.144. The number of nitrogens with zero attached hydrogens (tertiary/aromatic N) is 1. The summed E-state index contributed by atoms with van der Waals surface area (Å²) >= 11 is 0. The molecule has 0 radical (unpaired) electrons. The predicted molar refractivity (Wildman–Crippen MR) is 94.9 cm³/mol. The van der Waals surface area contributed by atoms with Gasteiger partial charge in [-0.3, -0.25) is 4.90 Å². The quantitative estimate of drug-likeness (QED) is 0.921. The van der Waals surface area contributed by atoms with Crippen LogP contribution in [0.25, 0.3) is 11.1 Å². The van der Waals surface area contributed by atoms with E-state index >= 15 is 0 Å². The number of carboxylic acids is 1. The normalized spacial score (nSPS) is 25.4. The van der Waals surface area contributed by atoms with Crippen molar-refractivity contribution in [2.45, 2.75) is 24.3 Å². The van der Waals surface area contributed by atoms with E-state index in [1.54, 1.807) is 0 Å². The van der Waals surface area contributed by atoms with Gasteiger partial charge in [0.05, 0.1) is 0 Å². The Hall–Kier alpha value is -2.82. The van der Waals surface area contributed by atoms with Crippen LogP contribution in [-0.4, -0.2) is 40.8 Å². The molecule has 2 unspecified atom stereocenters. The van der Waals surface area contributed by atoms with Crippen molar-refractivity contribution >= 4 is 12.1 Å². The van der Waals surface area contributed by atoms with E-state index in [9.17, 15) is 14.7 Å². The Bertz CT molecular complexity index is 878.